The molecule has 1 aliphatic heterocycles. The number of rotatable bonds is 4. The third-order valence-electron chi connectivity index (χ3n) is 4.16. The van der Waals surface area contributed by atoms with Gasteiger partial charge in [-0.15, -0.1) is 0 Å². The highest BCUT2D eigenvalue weighted by Crippen LogP contribution is 2.18. The third kappa shape index (κ3) is 4.40. The van der Waals surface area contributed by atoms with Crippen molar-refractivity contribution in [3.63, 3.8) is 0 Å². The molecule has 0 spiro atoms. The van der Waals surface area contributed by atoms with Crippen LogP contribution in [0.2, 0.25) is 0 Å². The second-order valence-corrected chi connectivity index (χ2v) is 5.90. The van der Waals surface area contributed by atoms with Crippen molar-refractivity contribution >= 4 is 11.7 Å². The van der Waals surface area contributed by atoms with E-state index in [1.54, 1.807) is 0 Å². The number of benzene rings is 1. The zero-order valence-electron chi connectivity index (χ0n) is 13.0. The Morgan fingerprint density at radius 1 is 1.36 bits per heavy atom. The number of likely N-dealkylation sites (tertiary alicyclic amines) is 1. The molecule has 1 saturated heterocycles. The van der Waals surface area contributed by atoms with E-state index in [2.05, 4.69) is 29.4 Å². The molecule has 0 saturated carbocycles. The lowest BCUT2D eigenvalue weighted by Crippen LogP contribution is -2.49. The number of nitrogens with one attached hydrogen (secondary N) is 2. The van der Waals surface area contributed by atoms with Crippen LogP contribution in [0.3, 0.4) is 0 Å². The number of halogens is 2. The molecule has 0 aromatic heterocycles. The number of carbonyl (C=O) groups is 1. The van der Waals surface area contributed by atoms with E-state index >= 15 is 0 Å². The molecule has 0 bridgehead atoms. The lowest BCUT2D eigenvalue weighted by atomic mass is 10.0. The number of piperidine rings is 1. The maximum absolute atomic E-state index is 13.1. The normalized spacial score (nSPS) is 20.5. The predicted molar refractivity (Wildman–Crippen MR) is 82.9 cm³/mol. The fourth-order valence-electron chi connectivity index (χ4n) is 2.88. The molecule has 1 fully saturated rings. The summed E-state index contributed by atoms with van der Waals surface area (Å²) in [5.74, 6) is -1.91. The number of urea groups is 1. The monoisotopic (exact) mass is 311 g/mol. The van der Waals surface area contributed by atoms with Gasteiger partial charge in [-0.2, -0.15) is 0 Å². The van der Waals surface area contributed by atoms with E-state index < -0.39 is 17.7 Å². The maximum atomic E-state index is 13.1. The minimum absolute atomic E-state index is 0.232. The molecule has 2 rings (SSSR count). The molecule has 6 heteroatoms. The van der Waals surface area contributed by atoms with Gasteiger partial charge in [0, 0.05) is 30.4 Å². The van der Waals surface area contributed by atoms with Gasteiger partial charge in [-0.25, -0.2) is 13.6 Å². The van der Waals surface area contributed by atoms with Crippen LogP contribution in [0.5, 0.6) is 0 Å². The molecule has 0 radical (unpaired) electrons. The summed E-state index contributed by atoms with van der Waals surface area (Å²) in [7, 11) is 0. The Morgan fingerprint density at radius 3 is 2.82 bits per heavy atom. The Hall–Kier alpha value is -1.69. The second kappa shape index (κ2) is 7.54. The molecule has 2 atom stereocenters. The van der Waals surface area contributed by atoms with E-state index in [0.717, 1.165) is 18.7 Å². The zero-order chi connectivity index (χ0) is 16.1. The Balaban J connectivity index is 1.80. The van der Waals surface area contributed by atoms with Gasteiger partial charge in [-0.05, 0) is 45.4 Å². The minimum atomic E-state index is -0.978. The van der Waals surface area contributed by atoms with Gasteiger partial charge in [0.15, 0.2) is 11.6 Å². The molecule has 0 unspecified atom stereocenters. The van der Waals surface area contributed by atoms with Crippen LogP contribution in [0.4, 0.5) is 19.3 Å². The molecule has 1 aliphatic rings. The molecular formula is C16H23F2N3O. The Morgan fingerprint density at radius 2 is 2.14 bits per heavy atom. The van der Waals surface area contributed by atoms with Gasteiger partial charge < -0.3 is 10.6 Å². The highest BCUT2D eigenvalue weighted by atomic mass is 19.2. The van der Waals surface area contributed by atoms with Gasteiger partial charge in [0.25, 0.3) is 0 Å². The summed E-state index contributed by atoms with van der Waals surface area (Å²) in [4.78, 5) is 14.2. The first-order valence-corrected chi connectivity index (χ1v) is 7.73. The number of nitrogens with zero attached hydrogens (tertiary/aromatic N) is 1. The van der Waals surface area contributed by atoms with Crippen molar-refractivity contribution < 1.29 is 13.6 Å². The quantitative estimate of drug-likeness (QED) is 0.895. The lowest BCUT2D eigenvalue weighted by Gasteiger charge is -2.38. The first kappa shape index (κ1) is 16.7. The summed E-state index contributed by atoms with van der Waals surface area (Å²) < 4.78 is 25.9. The molecule has 22 heavy (non-hydrogen) atoms. The van der Waals surface area contributed by atoms with E-state index in [9.17, 15) is 13.6 Å². The second-order valence-electron chi connectivity index (χ2n) is 5.90. The summed E-state index contributed by atoms with van der Waals surface area (Å²) in [6.45, 7) is 5.85. The predicted octanol–water partition coefficient (Wildman–Crippen LogP) is 3.35. The number of hydrogen-bond acceptors (Lipinski definition) is 2. The highest BCUT2D eigenvalue weighted by Gasteiger charge is 2.23. The number of amides is 2. The molecule has 2 N–H and O–H groups in total. The van der Waals surface area contributed by atoms with Crippen LogP contribution >= 0.6 is 0 Å². The third-order valence-corrected chi connectivity index (χ3v) is 4.16. The molecule has 1 heterocycles. The molecular weight excluding hydrogens is 288 g/mol. The van der Waals surface area contributed by atoms with Crippen LogP contribution in [-0.2, 0) is 0 Å². The Kier molecular flexibility index (Phi) is 5.71. The zero-order valence-corrected chi connectivity index (χ0v) is 13.0. The average Bonchev–Trinajstić information content (AvgIpc) is 2.49. The summed E-state index contributed by atoms with van der Waals surface area (Å²) in [5.41, 5.74) is 0.232. The molecule has 122 valence electrons. The van der Waals surface area contributed by atoms with E-state index in [0.29, 0.717) is 12.6 Å². The molecule has 4 nitrogen and oxygen atoms in total. The largest absolute Gasteiger partial charge is 0.336 e. The van der Waals surface area contributed by atoms with Crippen molar-refractivity contribution in [2.45, 2.75) is 45.2 Å². The lowest BCUT2D eigenvalue weighted by molar-refractivity contribution is 0.114. The van der Waals surface area contributed by atoms with Gasteiger partial charge in [-0.3, -0.25) is 4.90 Å². The topological polar surface area (TPSA) is 44.4 Å². The van der Waals surface area contributed by atoms with Crippen LogP contribution in [-0.4, -0.2) is 36.1 Å². The van der Waals surface area contributed by atoms with Gasteiger partial charge in [-0.1, -0.05) is 6.42 Å². The SMILES string of the molecule is C[C@H](CNC(=O)Nc1ccc(F)c(F)c1)N1CCCC[C@@H]1C. The molecule has 2 amide bonds. The van der Waals surface area contributed by atoms with Crippen molar-refractivity contribution in [2.24, 2.45) is 0 Å². The summed E-state index contributed by atoms with van der Waals surface area (Å²) in [6, 6.07) is 3.63. The van der Waals surface area contributed by atoms with Crippen molar-refractivity contribution in [1.29, 1.82) is 0 Å². The molecule has 1 aromatic rings. The van der Waals surface area contributed by atoms with E-state index in [1.165, 1.54) is 25.3 Å². The Labute approximate surface area is 129 Å². The highest BCUT2D eigenvalue weighted by molar-refractivity contribution is 5.89. The first-order chi connectivity index (χ1) is 10.5. The molecule has 0 aliphatic carbocycles. The number of carbonyl (C=O) groups excluding carboxylic acids is 1. The van der Waals surface area contributed by atoms with Crippen LogP contribution in [0.25, 0.3) is 0 Å². The summed E-state index contributed by atoms with van der Waals surface area (Å²) >= 11 is 0. The first-order valence-electron chi connectivity index (χ1n) is 7.73. The van der Waals surface area contributed by atoms with E-state index in [4.69, 9.17) is 0 Å². The van der Waals surface area contributed by atoms with Crippen LogP contribution in [0.15, 0.2) is 18.2 Å². The minimum Gasteiger partial charge on any atom is -0.336 e. The van der Waals surface area contributed by atoms with Gasteiger partial charge in [0.2, 0.25) is 0 Å². The number of hydrogen-bond donors (Lipinski definition) is 2. The summed E-state index contributed by atoms with van der Waals surface area (Å²) in [5, 5.41) is 5.28. The van der Waals surface area contributed by atoms with Crippen molar-refractivity contribution in [3.05, 3.63) is 29.8 Å². The average molecular weight is 311 g/mol. The van der Waals surface area contributed by atoms with Crippen molar-refractivity contribution in [3.8, 4) is 0 Å². The van der Waals surface area contributed by atoms with Gasteiger partial charge in [0.1, 0.15) is 0 Å². The smallest absolute Gasteiger partial charge is 0.319 e. The standard InChI is InChI=1S/C16H23F2N3O/c1-11-5-3-4-8-21(11)12(2)10-19-16(22)20-13-6-7-14(17)15(18)9-13/h6-7,9,11-12H,3-5,8,10H2,1-2H3,(H2,19,20,22)/t11-,12+/m0/s1. The Bertz CT molecular complexity index is 524. The van der Waals surface area contributed by atoms with Gasteiger partial charge >= 0.3 is 6.03 Å². The number of anilines is 1. The van der Waals surface area contributed by atoms with Crippen LogP contribution < -0.4 is 10.6 Å². The molecule has 1 aromatic carbocycles. The summed E-state index contributed by atoms with van der Waals surface area (Å²) in [6.07, 6.45) is 3.63. The van der Waals surface area contributed by atoms with E-state index in [1.807, 2.05) is 0 Å². The van der Waals surface area contributed by atoms with Crippen LogP contribution in [0.1, 0.15) is 33.1 Å². The van der Waals surface area contributed by atoms with Gasteiger partial charge in [0.05, 0.1) is 0 Å². The fraction of sp³-hybridized carbons (Fsp3) is 0.562. The van der Waals surface area contributed by atoms with Crippen molar-refractivity contribution in [2.75, 3.05) is 18.4 Å². The fourth-order valence-corrected chi connectivity index (χ4v) is 2.88. The van der Waals surface area contributed by atoms with Crippen molar-refractivity contribution in [1.82, 2.24) is 10.2 Å². The van der Waals surface area contributed by atoms with Crippen LogP contribution in [0, 0.1) is 11.6 Å². The van der Waals surface area contributed by atoms with E-state index in [-0.39, 0.29) is 11.7 Å². The maximum Gasteiger partial charge on any atom is 0.319 e.